The Morgan fingerprint density at radius 1 is 1.29 bits per heavy atom. The lowest BCUT2D eigenvalue weighted by molar-refractivity contribution is 0.0526. The quantitative estimate of drug-likeness (QED) is 0.388. The van der Waals surface area contributed by atoms with Gasteiger partial charge in [0.15, 0.2) is 5.82 Å². The van der Waals surface area contributed by atoms with Crippen molar-refractivity contribution in [3.63, 3.8) is 0 Å². The second-order valence-electron chi connectivity index (χ2n) is 6.28. The second kappa shape index (κ2) is 8.35. The van der Waals surface area contributed by atoms with Crippen molar-refractivity contribution in [3.05, 3.63) is 63.4 Å². The maximum absolute atomic E-state index is 11.8. The zero-order valence-electron chi connectivity index (χ0n) is 16.4. The van der Waals surface area contributed by atoms with Crippen LogP contribution in [0.1, 0.15) is 47.0 Å². The lowest BCUT2D eigenvalue weighted by Gasteiger charge is -2.10. The number of aromatic nitrogens is 4. The van der Waals surface area contributed by atoms with Gasteiger partial charge in [-0.3, -0.25) is 5.10 Å². The first-order chi connectivity index (χ1) is 13.5. The van der Waals surface area contributed by atoms with Gasteiger partial charge in [-0.05, 0) is 63.3 Å². The van der Waals surface area contributed by atoms with Crippen LogP contribution in [0.25, 0.3) is 5.69 Å². The molecule has 0 unspecified atom stereocenters. The monoisotopic (exact) mass is 397 g/mol. The lowest BCUT2D eigenvalue weighted by Crippen LogP contribution is -2.05. The summed E-state index contributed by atoms with van der Waals surface area (Å²) in [4.78, 5) is 11.8. The molecule has 0 atom stereocenters. The summed E-state index contributed by atoms with van der Waals surface area (Å²) in [6.45, 7) is 8.22. The molecule has 0 aliphatic carbocycles. The predicted molar refractivity (Wildman–Crippen MR) is 111 cm³/mol. The van der Waals surface area contributed by atoms with Gasteiger partial charge in [0.25, 0.3) is 0 Å². The third-order valence-electron chi connectivity index (χ3n) is 4.45. The van der Waals surface area contributed by atoms with E-state index in [1.54, 1.807) is 29.9 Å². The van der Waals surface area contributed by atoms with E-state index in [0.29, 0.717) is 16.9 Å². The minimum atomic E-state index is -0.314. The third kappa shape index (κ3) is 3.82. The van der Waals surface area contributed by atoms with Crippen LogP contribution in [0, 0.1) is 18.6 Å². The first kappa shape index (κ1) is 19.8. The van der Waals surface area contributed by atoms with Crippen molar-refractivity contribution < 1.29 is 9.53 Å². The number of benzene rings is 1. The highest BCUT2D eigenvalue weighted by molar-refractivity contribution is 7.71. The number of esters is 1. The number of nitrogens with one attached hydrogen (secondary N) is 1. The zero-order chi connectivity index (χ0) is 20.3. The summed E-state index contributed by atoms with van der Waals surface area (Å²) < 4.78 is 9.26. The van der Waals surface area contributed by atoms with E-state index in [2.05, 4.69) is 25.9 Å². The minimum absolute atomic E-state index is 0.314. The SMILES string of the molecule is CCOC(=O)c1ccc(-n2c(C)cc(/C=N\n3c(CC)n[nH]c3=S)c2C)cc1. The maximum Gasteiger partial charge on any atom is 0.338 e. The van der Waals surface area contributed by atoms with Crippen LogP contribution in [-0.2, 0) is 11.2 Å². The standard InChI is InChI=1S/C20H23N5O2S/c1-5-18-22-23-20(28)25(18)21-12-16-11-13(3)24(14(16)4)17-9-7-15(8-10-17)19(26)27-6-2/h7-12H,5-6H2,1-4H3,(H,23,28)/b21-12-. The van der Waals surface area contributed by atoms with Crippen molar-refractivity contribution in [1.82, 2.24) is 19.4 Å². The number of H-pyrrole nitrogens is 1. The summed E-state index contributed by atoms with van der Waals surface area (Å²) in [6, 6.07) is 9.44. The summed E-state index contributed by atoms with van der Waals surface area (Å²) in [7, 11) is 0. The van der Waals surface area contributed by atoms with E-state index in [4.69, 9.17) is 17.0 Å². The Hall–Kier alpha value is -3.00. The Labute approximate surface area is 168 Å². The molecule has 1 aromatic carbocycles. The number of hydrogen-bond donors (Lipinski definition) is 1. The number of carbonyl (C=O) groups is 1. The minimum Gasteiger partial charge on any atom is -0.462 e. The molecule has 146 valence electrons. The first-order valence-corrected chi connectivity index (χ1v) is 9.54. The van der Waals surface area contributed by atoms with E-state index < -0.39 is 0 Å². The van der Waals surface area contributed by atoms with Crippen LogP contribution in [-0.4, -0.2) is 38.2 Å². The molecule has 3 aromatic rings. The van der Waals surface area contributed by atoms with E-state index in [9.17, 15) is 4.79 Å². The molecular formula is C20H23N5O2S. The van der Waals surface area contributed by atoms with E-state index in [0.717, 1.165) is 34.9 Å². The molecular weight excluding hydrogens is 374 g/mol. The van der Waals surface area contributed by atoms with Gasteiger partial charge in [-0.15, -0.1) is 0 Å². The second-order valence-corrected chi connectivity index (χ2v) is 6.67. The molecule has 28 heavy (non-hydrogen) atoms. The smallest absolute Gasteiger partial charge is 0.338 e. The number of ether oxygens (including phenoxy) is 1. The van der Waals surface area contributed by atoms with Crippen LogP contribution in [0.2, 0.25) is 0 Å². The van der Waals surface area contributed by atoms with Crippen molar-refractivity contribution in [2.75, 3.05) is 6.61 Å². The summed E-state index contributed by atoms with van der Waals surface area (Å²) in [6.07, 6.45) is 2.52. The fraction of sp³-hybridized carbons (Fsp3) is 0.300. The lowest BCUT2D eigenvalue weighted by atomic mass is 10.2. The Morgan fingerprint density at radius 2 is 2.00 bits per heavy atom. The van der Waals surface area contributed by atoms with Gasteiger partial charge in [-0.2, -0.15) is 14.9 Å². The molecule has 0 radical (unpaired) electrons. The molecule has 3 rings (SSSR count). The summed E-state index contributed by atoms with van der Waals surface area (Å²) in [5, 5.41) is 11.4. The van der Waals surface area contributed by atoms with Gasteiger partial charge in [0.1, 0.15) is 0 Å². The van der Waals surface area contributed by atoms with Crippen LogP contribution in [0.3, 0.4) is 0 Å². The van der Waals surface area contributed by atoms with Crippen LogP contribution in [0.15, 0.2) is 35.4 Å². The predicted octanol–water partition coefficient (Wildman–Crippen LogP) is 3.97. The Kier molecular flexibility index (Phi) is 5.89. The maximum atomic E-state index is 11.8. The molecule has 2 aromatic heterocycles. The van der Waals surface area contributed by atoms with Gasteiger partial charge in [-0.1, -0.05) is 6.92 Å². The Bertz CT molecular complexity index is 1070. The number of rotatable bonds is 6. The molecule has 2 heterocycles. The van der Waals surface area contributed by atoms with Gasteiger partial charge in [0, 0.05) is 29.1 Å². The molecule has 0 saturated heterocycles. The molecule has 0 fully saturated rings. The first-order valence-electron chi connectivity index (χ1n) is 9.13. The van der Waals surface area contributed by atoms with Crippen LogP contribution >= 0.6 is 12.2 Å². The van der Waals surface area contributed by atoms with Crippen molar-refractivity contribution in [2.24, 2.45) is 5.10 Å². The number of carbonyl (C=O) groups excluding carboxylic acids is 1. The molecule has 0 saturated carbocycles. The van der Waals surface area contributed by atoms with Crippen molar-refractivity contribution in [2.45, 2.75) is 34.1 Å². The van der Waals surface area contributed by atoms with Gasteiger partial charge in [0.05, 0.1) is 18.4 Å². The Morgan fingerprint density at radius 3 is 2.64 bits per heavy atom. The normalized spacial score (nSPS) is 11.3. The highest BCUT2D eigenvalue weighted by Gasteiger charge is 2.12. The fourth-order valence-corrected chi connectivity index (χ4v) is 3.27. The van der Waals surface area contributed by atoms with E-state index >= 15 is 0 Å². The Balaban J connectivity index is 1.92. The third-order valence-corrected chi connectivity index (χ3v) is 4.72. The molecule has 0 aliphatic rings. The molecule has 0 spiro atoms. The summed E-state index contributed by atoms with van der Waals surface area (Å²) >= 11 is 5.24. The molecule has 0 aliphatic heterocycles. The van der Waals surface area contributed by atoms with E-state index in [1.165, 1.54) is 0 Å². The number of hydrogen-bond acceptors (Lipinski definition) is 5. The van der Waals surface area contributed by atoms with Crippen LogP contribution < -0.4 is 0 Å². The number of nitrogens with zero attached hydrogens (tertiary/aromatic N) is 4. The van der Waals surface area contributed by atoms with Crippen LogP contribution in [0.5, 0.6) is 0 Å². The topological polar surface area (TPSA) is 77.2 Å². The molecule has 0 amide bonds. The molecule has 0 bridgehead atoms. The average molecular weight is 398 g/mol. The summed E-state index contributed by atoms with van der Waals surface area (Å²) in [5.74, 6) is 0.469. The fourth-order valence-electron chi connectivity index (χ4n) is 3.07. The van der Waals surface area contributed by atoms with Gasteiger partial charge in [0.2, 0.25) is 4.77 Å². The average Bonchev–Trinajstić information content (AvgIpc) is 3.18. The van der Waals surface area contributed by atoms with Crippen molar-refractivity contribution in [1.29, 1.82) is 0 Å². The highest BCUT2D eigenvalue weighted by Crippen LogP contribution is 2.20. The summed E-state index contributed by atoms with van der Waals surface area (Å²) in [5.41, 5.74) is 4.60. The van der Waals surface area contributed by atoms with Gasteiger partial charge >= 0.3 is 5.97 Å². The largest absolute Gasteiger partial charge is 0.462 e. The van der Waals surface area contributed by atoms with Gasteiger partial charge in [-0.25, -0.2) is 4.79 Å². The molecule has 1 N–H and O–H groups in total. The zero-order valence-corrected chi connectivity index (χ0v) is 17.2. The molecule has 8 heteroatoms. The van der Waals surface area contributed by atoms with E-state index in [1.807, 2.05) is 32.9 Å². The molecule has 7 nitrogen and oxygen atoms in total. The number of aryl methyl sites for hydroxylation is 2. The van der Waals surface area contributed by atoms with Crippen molar-refractivity contribution >= 4 is 24.4 Å². The number of aromatic amines is 1. The van der Waals surface area contributed by atoms with Crippen molar-refractivity contribution in [3.8, 4) is 5.69 Å². The van der Waals surface area contributed by atoms with Gasteiger partial charge < -0.3 is 9.30 Å². The van der Waals surface area contributed by atoms with Crippen LogP contribution in [0.4, 0.5) is 0 Å². The highest BCUT2D eigenvalue weighted by atomic mass is 32.1. The van der Waals surface area contributed by atoms with E-state index in [-0.39, 0.29) is 5.97 Å².